The molecule has 2 aromatic rings. The molecular formula is C14H11Cl2N5S. The van der Waals surface area contributed by atoms with Gasteiger partial charge in [0.05, 0.1) is 11.8 Å². The Balaban J connectivity index is 1.87. The second kappa shape index (κ2) is 7.90. The summed E-state index contributed by atoms with van der Waals surface area (Å²) in [6, 6.07) is 8.96. The Morgan fingerprint density at radius 3 is 2.68 bits per heavy atom. The smallest absolute Gasteiger partial charge is 0.172 e. The van der Waals surface area contributed by atoms with Crippen molar-refractivity contribution in [3.63, 3.8) is 0 Å². The summed E-state index contributed by atoms with van der Waals surface area (Å²) in [4.78, 5) is 0. The molecule has 8 heteroatoms. The minimum atomic E-state index is 0.327. The molecule has 0 spiro atoms. The third-order valence-electron chi connectivity index (χ3n) is 2.69. The van der Waals surface area contributed by atoms with Crippen molar-refractivity contribution >= 4 is 46.4 Å². The molecule has 0 amide bonds. The molecule has 0 saturated heterocycles. The van der Waals surface area contributed by atoms with E-state index in [9.17, 15) is 0 Å². The van der Waals surface area contributed by atoms with E-state index in [1.807, 2.05) is 18.2 Å². The van der Waals surface area contributed by atoms with E-state index in [-0.39, 0.29) is 0 Å². The van der Waals surface area contributed by atoms with Gasteiger partial charge in [-0.1, -0.05) is 23.2 Å². The summed E-state index contributed by atoms with van der Waals surface area (Å²) in [6.07, 6.45) is 2.15. The number of nitrogens with one attached hydrogen (secondary N) is 2. The van der Waals surface area contributed by atoms with Gasteiger partial charge < -0.3 is 10.6 Å². The fourth-order valence-electron chi connectivity index (χ4n) is 1.74. The number of nitrogens with zero attached hydrogens (tertiary/aromatic N) is 3. The third kappa shape index (κ3) is 4.81. The van der Waals surface area contributed by atoms with Crippen LogP contribution in [0.15, 0.2) is 30.5 Å². The van der Waals surface area contributed by atoms with Crippen molar-refractivity contribution in [1.82, 2.24) is 15.5 Å². The van der Waals surface area contributed by atoms with Crippen LogP contribution in [0.1, 0.15) is 11.1 Å². The van der Waals surface area contributed by atoms with Gasteiger partial charge in [-0.2, -0.15) is 10.4 Å². The number of hydrogen-bond acceptors (Lipinski definition) is 4. The molecule has 0 radical (unpaired) electrons. The zero-order valence-corrected chi connectivity index (χ0v) is 13.6. The normalized spacial score (nSPS) is 9.86. The molecule has 0 atom stereocenters. The number of halogens is 2. The Morgan fingerprint density at radius 2 is 2.00 bits per heavy atom. The SMILES string of the molecule is N#Cc1ccnnc1NC(=S)NCCc1cc(Cl)cc(Cl)c1. The van der Waals surface area contributed by atoms with Crippen LogP contribution in [0.4, 0.5) is 5.82 Å². The highest BCUT2D eigenvalue weighted by molar-refractivity contribution is 7.80. The number of aromatic nitrogens is 2. The minimum Gasteiger partial charge on any atom is -0.362 e. The molecule has 0 saturated carbocycles. The van der Waals surface area contributed by atoms with Crippen LogP contribution in [0.2, 0.25) is 10.0 Å². The number of benzene rings is 1. The van der Waals surface area contributed by atoms with Crippen LogP contribution in [0.25, 0.3) is 0 Å². The fourth-order valence-corrected chi connectivity index (χ4v) is 2.51. The highest BCUT2D eigenvalue weighted by Crippen LogP contribution is 2.19. The van der Waals surface area contributed by atoms with Crippen LogP contribution in [0.5, 0.6) is 0 Å². The maximum atomic E-state index is 8.96. The molecule has 0 aliphatic carbocycles. The maximum Gasteiger partial charge on any atom is 0.172 e. The van der Waals surface area contributed by atoms with Crippen molar-refractivity contribution in [2.75, 3.05) is 11.9 Å². The lowest BCUT2D eigenvalue weighted by Crippen LogP contribution is -2.30. The van der Waals surface area contributed by atoms with Crippen molar-refractivity contribution in [2.24, 2.45) is 0 Å². The predicted octanol–water partition coefficient (Wildman–Crippen LogP) is 3.18. The van der Waals surface area contributed by atoms with Crippen molar-refractivity contribution in [3.8, 4) is 6.07 Å². The van der Waals surface area contributed by atoms with E-state index in [2.05, 4.69) is 20.8 Å². The highest BCUT2D eigenvalue weighted by Gasteiger charge is 2.05. The molecule has 1 aromatic carbocycles. The van der Waals surface area contributed by atoms with E-state index in [4.69, 9.17) is 40.7 Å². The third-order valence-corrected chi connectivity index (χ3v) is 3.38. The summed E-state index contributed by atoms with van der Waals surface area (Å²) in [5.74, 6) is 0.327. The lowest BCUT2D eigenvalue weighted by atomic mass is 10.1. The molecule has 1 aromatic heterocycles. The van der Waals surface area contributed by atoms with Crippen LogP contribution in [0.3, 0.4) is 0 Å². The van der Waals surface area contributed by atoms with Crippen molar-refractivity contribution < 1.29 is 0 Å². The van der Waals surface area contributed by atoms with Crippen LogP contribution in [0, 0.1) is 11.3 Å². The van der Waals surface area contributed by atoms with Crippen LogP contribution in [-0.2, 0) is 6.42 Å². The topological polar surface area (TPSA) is 73.6 Å². The van der Waals surface area contributed by atoms with E-state index in [1.165, 1.54) is 6.20 Å². The van der Waals surface area contributed by atoms with Gasteiger partial charge in [0.15, 0.2) is 10.9 Å². The van der Waals surface area contributed by atoms with Gasteiger partial charge in [0.1, 0.15) is 6.07 Å². The van der Waals surface area contributed by atoms with Crippen molar-refractivity contribution in [3.05, 3.63) is 51.6 Å². The molecule has 0 bridgehead atoms. The predicted molar refractivity (Wildman–Crippen MR) is 91.1 cm³/mol. The average molecular weight is 352 g/mol. The number of rotatable bonds is 4. The first-order valence-corrected chi connectivity index (χ1v) is 7.46. The Morgan fingerprint density at radius 1 is 1.27 bits per heavy atom. The number of hydrogen-bond donors (Lipinski definition) is 2. The molecule has 112 valence electrons. The van der Waals surface area contributed by atoms with Crippen molar-refractivity contribution in [2.45, 2.75) is 6.42 Å². The fraction of sp³-hybridized carbons (Fsp3) is 0.143. The molecule has 0 aliphatic rings. The Bertz CT molecular complexity index is 709. The van der Waals surface area contributed by atoms with E-state index in [0.29, 0.717) is 39.5 Å². The number of anilines is 1. The van der Waals surface area contributed by atoms with Crippen molar-refractivity contribution in [1.29, 1.82) is 5.26 Å². The molecule has 2 rings (SSSR count). The van der Waals surface area contributed by atoms with Gasteiger partial charge >= 0.3 is 0 Å². The van der Waals surface area contributed by atoms with Gasteiger partial charge in [0.2, 0.25) is 0 Å². The van der Waals surface area contributed by atoms with E-state index >= 15 is 0 Å². The Hall–Kier alpha value is -1.94. The monoisotopic (exact) mass is 351 g/mol. The lowest BCUT2D eigenvalue weighted by molar-refractivity contribution is 0.872. The number of nitriles is 1. The molecule has 0 aliphatic heterocycles. The van der Waals surface area contributed by atoms with Gasteiger partial charge in [-0.05, 0) is 48.5 Å². The maximum absolute atomic E-state index is 8.96. The van der Waals surface area contributed by atoms with Gasteiger partial charge in [0, 0.05) is 16.6 Å². The molecule has 1 heterocycles. The van der Waals surface area contributed by atoms with E-state index in [0.717, 1.165) is 5.56 Å². The summed E-state index contributed by atoms with van der Waals surface area (Å²) in [5.41, 5.74) is 1.38. The molecule has 5 nitrogen and oxygen atoms in total. The Kier molecular flexibility index (Phi) is 5.90. The zero-order chi connectivity index (χ0) is 15.9. The van der Waals surface area contributed by atoms with Crippen LogP contribution >= 0.6 is 35.4 Å². The summed E-state index contributed by atoms with van der Waals surface area (Å²) >= 11 is 17.0. The summed E-state index contributed by atoms with van der Waals surface area (Å²) in [7, 11) is 0. The number of thiocarbonyl (C=S) groups is 1. The highest BCUT2D eigenvalue weighted by atomic mass is 35.5. The zero-order valence-electron chi connectivity index (χ0n) is 11.3. The first kappa shape index (κ1) is 16.4. The first-order valence-electron chi connectivity index (χ1n) is 6.30. The lowest BCUT2D eigenvalue weighted by Gasteiger charge is -2.10. The Labute approximate surface area is 143 Å². The largest absolute Gasteiger partial charge is 0.362 e. The van der Waals surface area contributed by atoms with E-state index in [1.54, 1.807) is 12.1 Å². The average Bonchev–Trinajstić information content (AvgIpc) is 2.46. The molecular weight excluding hydrogens is 341 g/mol. The molecule has 0 unspecified atom stereocenters. The molecule has 22 heavy (non-hydrogen) atoms. The van der Waals surface area contributed by atoms with Crippen LogP contribution in [-0.4, -0.2) is 21.9 Å². The van der Waals surface area contributed by atoms with E-state index < -0.39 is 0 Å². The van der Waals surface area contributed by atoms with Crippen LogP contribution < -0.4 is 10.6 Å². The summed E-state index contributed by atoms with van der Waals surface area (Å²) in [5, 5.41) is 23.9. The first-order chi connectivity index (χ1) is 10.6. The van der Waals surface area contributed by atoms with Gasteiger partial charge in [-0.15, -0.1) is 5.10 Å². The van der Waals surface area contributed by atoms with Gasteiger partial charge in [-0.25, -0.2) is 0 Å². The quantitative estimate of drug-likeness (QED) is 0.824. The molecule has 0 fully saturated rings. The van der Waals surface area contributed by atoms with Gasteiger partial charge in [0.25, 0.3) is 0 Å². The minimum absolute atomic E-state index is 0.327. The van der Waals surface area contributed by atoms with Gasteiger partial charge in [-0.3, -0.25) is 0 Å². The summed E-state index contributed by atoms with van der Waals surface area (Å²) in [6.45, 7) is 0.588. The second-order valence-corrected chi connectivity index (χ2v) is 5.60. The molecule has 2 N–H and O–H groups in total. The summed E-state index contributed by atoms with van der Waals surface area (Å²) < 4.78 is 0. The second-order valence-electron chi connectivity index (χ2n) is 4.31. The standard InChI is InChI=1S/C14H11Cl2N5S/c15-11-5-9(6-12(16)7-11)1-3-18-14(22)20-13-10(8-17)2-4-19-21-13/h2,4-7H,1,3H2,(H2,18,20,21,22).